The summed E-state index contributed by atoms with van der Waals surface area (Å²) in [7, 11) is 0. The first-order valence-electron chi connectivity index (χ1n) is 7.15. The molecule has 0 bridgehead atoms. The molecule has 1 amide bonds. The summed E-state index contributed by atoms with van der Waals surface area (Å²) in [5, 5.41) is 0. The van der Waals surface area contributed by atoms with Crippen molar-refractivity contribution in [3.05, 3.63) is 35.9 Å². The molecule has 1 fully saturated rings. The van der Waals surface area contributed by atoms with E-state index in [9.17, 15) is 4.79 Å². The Hall–Kier alpha value is -1.07. The second kappa shape index (κ2) is 6.79. The molecule has 0 radical (unpaired) electrons. The average Bonchev–Trinajstić information content (AvgIpc) is 2.44. The lowest BCUT2D eigenvalue weighted by molar-refractivity contribution is -0.133. The van der Waals surface area contributed by atoms with Gasteiger partial charge in [0.1, 0.15) is 0 Å². The fourth-order valence-electron chi connectivity index (χ4n) is 2.58. The summed E-state index contributed by atoms with van der Waals surface area (Å²) in [6.45, 7) is 5.87. The zero-order chi connectivity index (χ0) is 15.5. The monoisotopic (exact) mass is 322 g/mol. The van der Waals surface area contributed by atoms with Crippen molar-refractivity contribution in [1.82, 2.24) is 4.90 Å². The first-order chi connectivity index (χ1) is 9.89. The minimum atomic E-state index is -0.402. The quantitative estimate of drug-likeness (QED) is 0.865. The predicted molar refractivity (Wildman–Crippen MR) is 93.5 cm³/mol. The number of hydrogen-bond acceptors (Lipinski definition) is 3. The minimum Gasteiger partial charge on any atom is -0.393 e. The molecule has 2 rings (SSSR count). The smallest absolute Gasteiger partial charge is 0.232 e. The van der Waals surface area contributed by atoms with E-state index >= 15 is 0 Å². The Morgan fingerprint density at radius 3 is 2.67 bits per heavy atom. The highest BCUT2D eigenvalue weighted by Crippen LogP contribution is 2.30. The molecular formula is C16H22N2OS2. The molecule has 5 heteroatoms. The molecule has 0 saturated carbocycles. The van der Waals surface area contributed by atoms with Gasteiger partial charge in [0.2, 0.25) is 5.91 Å². The van der Waals surface area contributed by atoms with Crippen molar-refractivity contribution in [2.24, 2.45) is 11.7 Å². The van der Waals surface area contributed by atoms with E-state index in [4.69, 9.17) is 18.0 Å². The molecule has 2 N–H and O–H groups in total. The SMILES string of the molecule is CC1(C)CN(C(=O)C(Cc2ccccc2)C(N)=S)CCS1. The van der Waals surface area contributed by atoms with Gasteiger partial charge < -0.3 is 10.6 Å². The second-order valence-corrected chi connectivity index (χ2v) is 8.29. The number of thioether (sulfide) groups is 1. The lowest BCUT2D eigenvalue weighted by atomic mass is 9.97. The van der Waals surface area contributed by atoms with Gasteiger partial charge in [0.25, 0.3) is 0 Å². The maximum atomic E-state index is 12.8. The van der Waals surface area contributed by atoms with Gasteiger partial charge in [-0.05, 0) is 25.8 Å². The van der Waals surface area contributed by atoms with E-state index < -0.39 is 5.92 Å². The molecule has 1 aliphatic heterocycles. The van der Waals surface area contributed by atoms with Crippen molar-refractivity contribution < 1.29 is 4.79 Å². The molecule has 0 aliphatic carbocycles. The van der Waals surface area contributed by atoms with Crippen LogP contribution in [0.1, 0.15) is 19.4 Å². The second-order valence-electron chi connectivity index (χ2n) is 6.01. The predicted octanol–water partition coefficient (Wildman–Crippen LogP) is 2.49. The molecule has 1 heterocycles. The van der Waals surface area contributed by atoms with E-state index in [0.717, 1.165) is 24.4 Å². The molecule has 1 aromatic carbocycles. The van der Waals surface area contributed by atoms with Crippen molar-refractivity contribution >= 4 is 34.9 Å². The number of carbonyl (C=O) groups is 1. The number of rotatable bonds is 4. The van der Waals surface area contributed by atoms with Crippen molar-refractivity contribution in [2.75, 3.05) is 18.8 Å². The highest BCUT2D eigenvalue weighted by atomic mass is 32.2. The number of nitrogens with zero attached hydrogens (tertiary/aromatic N) is 1. The summed E-state index contributed by atoms with van der Waals surface area (Å²) in [5.74, 6) is 0.634. The molecular weight excluding hydrogens is 300 g/mol. The Morgan fingerprint density at radius 1 is 1.43 bits per heavy atom. The van der Waals surface area contributed by atoms with Gasteiger partial charge in [-0.25, -0.2) is 0 Å². The lowest BCUT2D eigenvalue weighted by Gasteiger charge is -2.39. The third-order valence-corrected chi connectivity index (χ3v) is 5.24. The number of hydrogen-bond donors (Lipinski definition) is 1. The van der Waals surface area contributed by atoms with Crippen LogP contribution in [0.2, 0.25) is 0 Å². The normalized spacial score (nSPS) is 19.0. The van der Waals surface area contributed by atoms with E-state index in [2.05, 4.69) is 13.8 Å². The van der Waals surface area contributed by atoms with Crippen LogP contribution in [0.15, 0.2) is 30.3 Å². The molecule has 1 aromatic rings. The molecule has 0 aromatic heterocycles. The van der Waals surface area contributed by atoms with Crippen LogP contribution in [-0.4, -0.2) is 39.4 Å². The van der Waals surface area contributed by atoms with Crippen LogP contribution in [-0.2, 0) is 11.2 Å². The van der Waals surface area contributed by atoms with Crippen LogP contribution < -0.4 is 5.73 Å². The number of carbonyl (C=O) groups excluding carboxylic acids is 1. The third kappa shape index (κ3) is 4.45. The summed E-state index contributed by atoms with van der Waals surface area (Å²) in [5.41, 5.74) is 6.93. The van der Waals surface area contributed by atoms with Crippen LogP contribution in [0.25, 0.3) is 0 Å². The zero-order valence-corrected chi connectivity index (χ0v) is 14.2. The van der Waals surface area contributed by atoms with Gasteiger partial charge in [-0.1, -0.05) is 42.5 Å². The van der Waals surface area contributed by atoms with Gasteiger partial charge >= 0.3 is 0 Å². The van der Waals surface area contributed by atoms with Gasteiger partial charge in [0, 0.05) is 23.6 Å². The molecule has 1 unspecified atom stereocenters. The molecule has 1 atom stereocenters. The number of thiocarbonyl (C=S) groups is 1. The zero-order valence-electron chi connectivity index (χ0n) is 12.5. The van der Waals surface area contributed by atoms with E-state index in [0.29, 0.717) is 11.4 Å². The van der Waals surface area contributed by atoms with Crippen LogP contribution in [0.5, 0.6) is 0 Å². The van der Waals surface area contributed by atoms with Crippen LogP contribution >= 0.6 is 24.0 Å². The maximum absolute atomic E-state index is 12.8. The summed E-state index contributed by atoms with van der Waals surface area (Å²) >= 11 is 7.05. The van der Waals surface area contributed by atoms with E-state index in [1.54, 1.807) is 0 Å². The van der Waals surface area contributed by atoms with Crippen molar-refractivity contribution in [3.63, 3.8) is 0 Å². The van der Waals surface area contributed by atoms with Gasteiger partial charge in [-0.3, -0.25) is 4.79 Å². The highest BCUT2D eigenvalue weighted by Gasteiger charge is 2.34. The van der Waals surface area contributed by atoms with Gasteiger partial charge in [0.05, 0.1) is 10.9 Å². The van der Waals surface area contributed by atoms with Crippen LogP contribution in [0.4, 0.5) is 0 Å². The fraction of sp³-hybridized carbons (Fsp3) is 0.500. The summed E-state index contributed by atoms with van der Waals surface area (Å²) in [4.78, 5) is 15.0. The average molecular weight is 322 g/mol. The Bertz CT molecular complexity index is 516. The largest absolute Gasteiger partial charge is 0.393 e. The Labute approximate surface area is 136 Å². The van der Waals surface area contributed by atoms with E-state index in [1.807, 2.05) is 47.0 Å². The Balaban J connectivity index is 2.11. The summed E-state index contributed by atoms with van der Waals surface area (Å²) < 4.78 is 0.0986. The highest BCUT2D eigenvalue weighted by molar-refractivity contribution is 8.00. The molecule has 3 nitrogen and oxygen atoms in total. The summed E-state index contributed by atoms with van der Waals surface area (Å²) in [6, 6.07) is 9.92. The lowest BCUT2D eigenvalue weighted by Crippen LogP contribution is -2.50. The van der Waals surface area contributed by atoms with Crippen molar-refractivity contribution in [2.45, 2.75) is 25.0 Å². The molecule has 21 heavy (non-hydrogen) atoms. The first-order valence-corrected chi connectivity index (χ1v) is 8.54. The Morgan fingerprint density at radius 2 is 2.10 bits per heavy atom. The molecule has 114 valence electrons. The van der Waals surface area contributed by atoms with Crippen LogP contribution in [0.3, 0.4) is 0 Å². The van der Waals surface area contributed by atoms with E-state index in [1.165, 1.54) is 0 Å². The molecule has 1 aliphatic rings. The Kier molecular flexibility index (Phi) is 5.27. The topological polar surface area (TPSA) is 46.3 Å². The number of nitrogens with two attached hydrogens (primary N) is 1. The van der Waals surface area contributed by atoms with Crippen LogP contribution in [0, 0.1) is 5.92 Å². The summed E-state index contributed by atoms with van der Waals surface area (Å²) in [6.07, 6.45) is 0.582. The standard InChI is InChI=1S/C16H22N2OS2/c1-16(2)11-18(8-9-21-16)15(19)13(14(17)20)10-12-6-4-3-5-7-12/h3-7,13H,8-11H2,1-2H3,(H2,17,20). The fourth-order valence-corrected chi connectivity index (χ4v) is 3.88. The van der Waals surface area contributed by atoms with E-state index in [-0.39, 0.29) is 10.7 Å². The first kappa shape index (κ1) is 16.3. The van der Waals surface area contributed by atoms with Gasteiger partial charge in [-0.2, -0.15) is 11.8 Å². The van der Waals surface area contributed by atoms with Gasteiger partial charge in [-0.15, -0.1) is 0 Å². The maximum Gasteiger partial charge on any atom is 0.232 e. The molecule has 1 saturated heterocycles. The number of amides is 1. The van der Waals surface area contributed by atoms with Crippen molar-refractivity contribution in [3.8, 4) is 0 Å². The van der Waals surface area contributed by atoms with Gasteiger partial charge in [0.15, 0.2) is 0 Å². The van der Waals surface area contributed by atoms with Crippen molar-refractivity contribution in [1.29, 1.82) is 0 Å². The number of benzene rings is 1. The molecule has 0 spiro atoms. The minimum absolute atomic E-state index is 0.0692. The third-order valence-electron chi connectivity index (χ3n) is 3.66.